The Labute approximate surface area is 204 Å². The fourth-order valence-electron chi connectivity index (χ4n) is 2.51. The van der Waals surface area contributed by atoms with E-state index in [0.29, 0.717) is 21.3 Å². The Morgan fingerprint density at radius 1 is 0.879 bits per heavy atom. The molecule has 0 fully saturated rings. The summed E-state index contributed by atoms with van der Waals surface area (Å²) in [6, 6.07) is 15.6. The number of hydrogen-bond donors (Lipinski definition) is 2. The molecular weight excluding hydrogens is 489 g/mol. The number of aryl methyl sites for hydroxylation is 1. The largest absolute Gasteiger partial charge is 0.423 e. The van der Waals surface area contributed by atoms with Crippen LogP contribution < -0.4 is 15.5 Å². The first-order chi connectivity index (χ1) is 15.7. The van der Waals surface area contributed by atoms with E-state index in [1.807, 2.05) is 6.92 Å². The van der Waals surface area contributed by atoms with E-state index in [-0.39, 0.29) is 16.3 Å². The highest BCUT2D eigenvalue weighted by molar-refractivity contribution is 6.40. The molecule has 2 N–H and O–H groups in total. The Kier molecular flexibility index (Phi) is 8.06. The monoisotopic (exact) mass is 503 g/mol. The lowest BCUT2D eigenvalue weighted by Crippen LogP contribution is -2.32. The standard InChI is InChI=1S/C23H16Cl3N3O4/c1-13-2-6-16(11-19(13)25)28-21(30)22(31)29-27-12-14-3-7-17(8-4-14)33-23(32)18-9-5-15(24)10-20(18)26/h2-12H,1H3,(H,28,30)(H,29,31)/b27-12+. The molecule has 33 heavy (non-hydrogen) atoms. The van der Waals surface area contributed by atoms with Crippen LogP contribution in [0, 0.1) is 6.92 Å². The summed E-state index contributed by atoms with van der Waals surface area (Å²) in [5.41, 5.74) is 4.13. The number of carbonyl (C=O) groups excluding carboxylic acids is 3. The van der Waals surface area contributed by atoms with Gasteiger partial charge in [0.25, 0.3) is 0 Å². The third-order valence-electron chi connectivity index (χ3n) is 4.26. The molecule has 0 aliphatic heterocycles. The minimum atomic E-state index is -0.951. The molecule has 0 unspecified atom stereocenters. The lowest BCUT2D eigenvalue weighted by Gasteiger charge is -2.06. The van der Waals surface area contributed by atoms with Gasteiger partial charge in [-0.3, -0.25) is 9.59 Å². The number of nitrogens with one attached hydrogen (secondary N) is 2. The number of rotatable bonds is 5. The summed E-state index contributed by atoms with van der Waals surface area (Å²) in [7, 11) is 0. The molecule has 0 atom stereocenters. The molecule has 0 saturated heterocycles. The molecule has 3 aromatic carbocycles. The van der Waals surface area contributed by atoms with Gasteiger partial charge in [-0.25, -0.2) is 10.2 Å². The van der Waals surface area contributed by atoms with E-state index in [2.05, 4.69) is 15.8 Å². The van der Waals surface area contributed by atoms with Crippen molar-refractivity contribution in [2.75, 3.05) is 5.32 Å². The molecule has 0 heterocycles. The molecule has 3 rings (SSSR count). The SMILES string of the molecule is Cc1ccc(NC(=O)C(=O)N/N=C/c2ccc(OC(=O)c3ccc(Cl)cc3Cl)cc2)cc1Cl. The third-order valence-corrected chi connectivity index (χ3v) is 5.21. The number of ether oxygens (including phenoxy) is 1. The average molecular weight is 505 g/mol. The number of anilines is 1. The first-order valence-corrected chi connectivity index (χ1v) is 10.5. The van der Waals surface area contributed by atoms with Crippen molar-refractivity contribution in [3.63, 3.8) is 0 Å². The topological polar surface area (TPSA) is 96.9 Å². The predicted molar refractivity (Wildman–Crippen MR) is 128 cm³/mol. The van der Waals surface area contributed by atoms with Crippen LogP contribution in [0.5, 0.6) is 5.75 Å². The van der Waals surface area contributed by atoms with Crippen molar-refractivity contribution in [3.8, 4) is 5.75 Å². The van der Waals surface area contributed by atoms with E-state index in [1.165, 1.54) is 24.4 Å². The quantitative estimate of drug-likeness (QED) is 0.163. The van der Waals surface area contributed by atoms with Crippen molar-refractivity contribution >= 4 is 64.5 Å². The second kappa shape index (κ2) is 11.0. The van der Waals surface area contributed by atoms with Gasteiger partial charge in [-0.2, -0.15) is 5.10 Å². The van der Waals surface area contributed by atoms with Gasteiger partial charge >= 0.3 is 17.8 Å². The van der Waals surface area contributed by atoms with Crippen LogP contribution in [0.1, 0.15) is 21.5 Å². The van der Waals surface area contributed by atoms with Gasteiger partial charge in [0, 0.05) is 15.7 Å². The lowest BCUT2D eigenvalue weighted by atomic mass is 10.2. The number of hydrogen-bond acceptors (Lipinski definition) is 5. The summed E-state index contributed by atoms with van der Waals surface area (Å²) in [6.45, 7) is 1.82. The maximum Gasteiger partial charge on any atom is 0.345 e. The van der Waals surface area contributed by atoms with Crippen molar-refractivity contribution in [3.05, 3.63) is 92.4 Å². The maximum atomic E-state index is 12.2. The van der Waals surface area contributed by atoms with E-state index in [9.17, 15) is 14.4 Å². The van der Waals surface area contributed by atoms with Gasteiger partial charge in [0.2, 0.25) is 0 Å². The second-order valence-corrected chi connectivity index (χ2v) is 7.95. The summed E-state index contributed by atoms with van der Waals surface area (Å²) in [4.78, 5) is 36.1. The maximum absolute atomic E-state index is 12.2. The number of esters is 1. The molecule has 7 nitrogen and oxygen atoms in total. The number of nitrogens with zero attached hydrogens (tertiary/aromatic N) is 1. The number of benzene rings is 3. The van der Waals surface area contributed by atoms with Gasteiger partial charge in [-0.1, -0.05) is 40.9 Å². The van der Waals surface area contributed by atoms with Gasteiger partial charge < -0.3 is 10.1 Å². The van der Waals surface area contributed by atoms with Crippen molar-refractivity contribution < 1.29 is 19.1 Å². The number of halogens is 3. The minimum Gasteiger partial charge on any atom is -0.423 e. The molecule has 10 heteroatoms. The highest BCUT2D eigenvalue weighted by atomic mass is 35.5. The third kappa shape index (κ3) is 6.79. The van der Waals surface area contributed by atoms with Crippen LogP contribution >= 0.6 is 34.8 Å². The Morgan fingerprint density at radius 3 is 2.27 bits per heavy atom. The van der Waals surface area contributed by atoms with Crippen LogP contribution in [0.2, 0.25) is 15.1 Å². The van der Waals surface area contributed by atoms with Crippen molar-refractivity contribution in [2.24, 2.45) is 5.10 Å². The number of hydrazone groups is 1. The summed E-state index contributed by atoms with van der Waals surface area (Å²) < 4.78 is 5.28. The van der Waals surface area contributed by atoms with Gasteiger partial charge in [0.1, 0.15) is 5.75 Å². The van der Waals surface area contributed by atoms with Crippen molar-refractivity contribution in [1.82, 2.24) is 5.43 Å². The van der Waals surface area contributed by atoms with Crippen LogP contribution in [0.3, 0.4) is 0 Å². The Hall–Kier alpha value is -3.39. The smallest absolute Gasteiger partial charge is 0.345 e. The molecule has 0 aliphatic carbocycles. The molecule has 2 amide bonds. The van der Waals surface area contributed by atoms with Gasteiger partial charge in [-0.15, -0.1) is 0 Å². The molecule has 0 aromatic heterocycles. The van der Waals surface area contributed by atoms with Gasteiger partial charge in [0.05, 0.1) is 16.8 Å². The van der Waals surface area contributed by atoms with E-state index >= 15 is 0 Å². The summed E-state index contributed by atoms with van der Waals surface area (Å²) in [6.07, 6.45) is 1.33. The zero-order chi connectivity index (χ0) is 24.0. The van der Waals surface area contributed by atoms with E-state index < -0.39 is 17.8 Å². The van der Waals surface area contributed by atoms with Gasteiger partial charge in [0.15, 0.2) is 0 Å². The zero-order valence-electron chi connectivity index (χ0n) is 17.1. The summed E-state index contributed by atoms with van der Waals surface area (Å²) >= 11 is 17.8. The number of carbonyl (C=O) groups is 3. The van der Waals surface area contributed by atoms with Crippen molar-refractivity contribution in [1.29, 1.82) is 0 Å². The normalized spacial score (nSPS) is 10.7. The first kappa shape index (κ1) is 24.3. The highest BCUT2D eigenvalue weighted by Gasteiger charge is 2.14. The van der Waals surface area contributed by atoms with E-state index in [4.69, 9.17) is 39.5 Å². The molecule has 0 bridgehead atoms. The van der Waals surface area contributed by atoms with Crippen LogP contribution in [0.25, 0.3) is 0 Å². The van der Waals surface area contributed by atoms with Crippen LogP contribution in [0.15, 0.2) is 65.8 Å². The van der Waals surface area contributed by atoms with Crippen LogP contribution in [-0.4, -0.2) is 24.0 Å². The Balaban J connectivity index is 1.53. The van der Waals surface area contributed by atoms with Crippen LogP contribution in [0.4, 0.5) is 5.69 Å². The first-order valence-electron chi connectivity index (χ1n) is 9.41. The minimum absolute atomic E-state index is 0.181. The molecule has 168 valence electrons. The molecule has 3 aromatic rings. The lowest BCUT2D eigenvalue weighted by molar-refractivity contribution is -0.136. The number of amides is 2. The molecule has 0 radical (unpaired) electrons. The highest BCUT2D eigenvalue weighted by Crippen LogP contribution is 2.23. The fraction of sp³-hybridized carbons (Fsp3) is 0.0435. The zero-order valence-corrected chi connectivity index (χ0v) is 19.3. The van der Waals surface area contributed by atoms with Crippen LogP contribution in [-0.2, 0) is 9.59 Å². The van der Waals surface area contributed by atoms with E-state index in [0.717, 1.165) is 5.56 Å². The van der Waals surface area contributed by atoms with Gasteiger partial charge in [-0.05, 0) is 72.6 Å². The molecule has 0 spiro atoms. The summed E-state index contributed by atoms with van der Waals surface area (Å²) in [5.74, 6) is -2.20. The summed E-state index contributed by atoms with van der Waals surface area (Å²) in [5, 5.41) is 7.23. The average Bonchev–Trinajstić information content (AvgIpc) is 2.77. The van der Waals surface area contributed by atoms with E-state index in [1.54, 1.807) is 42.5 Å². The molecular formula is C23H16Cl3N3O4. The predicted octanol–water partition coefficient (Wildman–Crippen LogP) is 5.26. The second-order valence-electron chi connectivity index (χ2n) is 6.70. The molecule has 0 saturated carbocycles. The Morgan fingerprint density at radius 2 is 1.61 bits per heavy atom. The van der Waals surface area contributed by atoms with Crippen molar-refractivity contribution in [2.45, 2.75) is 6.92 Å². The molecule has 0 aliphatic rings. The fourth-order valence-corrected chi connectivity index (χ4v) is 3.18. The Bertz CT molecular complexity index is 1240.